The minimum atomic E-state index is -0.222. The highest BCUT2D eigenvalue weighted by molar-refractivity contribution is 5.76. The van der Waals surface area contributed by atoms with Gasteiger partial charge in [-0.05, 0) is 37.0 Å². The van der Waals surface area contributed by atoms with Gasteiger partial charge in [0.1, 0.15) is 5.82 Å². The minimum Gasteiger partial charge on any atom is -0.381 e. The lowest BCUT2D eigenvalue weighted by Gasteiger charge is -2.38. The van der Waals surface area contributed by atoms with E-state index in [4.69, 9.17) is 4.74 Å². The standard InChI is InChI=1S/C20H26FN3O2/c1-26-19-7-10-24(20(25)6-3-9-23-11-8-22-15-23)14-17(19)12-16-4-2-5-18(21)13-16/h2,4-5,8,11,13,15,17,19H,3,6-7,9-10,12,14H2,1H3/t17-,19+/m1/s1. The molecule has 3 rings (SSSR count). The van der Waals surface area contributed by atoms with Crippen LogP contribution in [0.25, 0.3) is 0 Å². The van der Waals surface area contributed by atoms with E-state index in [9.17, 15) is 9.18 Å². The van der Waals surface area contributed by atoms with E-state index in [-0.39, 0.29) is 23.7 Å². The SMILES string of the molecule is CO[C@H]1CCN(C(=O)CCCn2ccnc2)C[C@H]1Cc1cccc(F)c1. The molecule has 1 saturated heterocycles. The topological polar surface area (TPSA) is 47.4 Å². The molecule has 1 amide bonds. The first-order valence-electron chi connectivity index (χ1n) is 9.16. The van der Waals surface area contributed by atoms with Gasteiger partial charge in [-0.2, -0.15) is 0 Å². The van der Waals surface area contributed by atoms with Crippen LogP contribution in [-0.2, 0) is 22.5 Å². The smallest absolute Gasteiger partial charge is 0.222 e. The zero-order chi connectivity index (χ0) is 18.4. The number of amides is 1. The van der Waals surface area contributed by atoms with Gasteiger partial charge in [0, 0.05) is 51.5 Å². The Hall–Kier alpha value is -2.21. The monoisotopic (exact) mass is 359 g/mol. The third-order valence-corrected chi connectivity index (χ3v) is 5.07. The average molecular weight is 359 g/mol. The first-order valence-corrected chi connectivity index (χ1v) is 9.16. The molecule has 1 fully saturated rings. The Morgan fingerprint density at radius 1 is 1.42 bits per heavy atom. The molecule has 1 aliphatic heterocycles. The van der Waals surface area contributed by atoms with Crippen LogP contribution in [0.1, 0.15) is 24.8 Å². The number of nitrogens with zero attached hydrogens (tertiary/aromatic N) is 3. The number of hydrogen-bond acceptors (Lipinski definition) is 3. The highest BCUT2D eigenvalue weighted by Crippen LogP contribution is 2.24. The van der Waals surface area contributed by atoms with Crippen LogP contribution in [0.3, 0.4) is 0 Å². The Bertz CT molecular complexity index is 705. The van der Waals surface area contributed by atoms with Gasteiger partial charge in [-0.1, -0.05) is 12.1 Å². The number of aryl methyl sites for hydroxylation is 1. The largest absolute Gasteiger partial charge is 0.381 e. The number of carbonyl (C=O) groups excluding carboxylic acids is 1. The predicted molar refractivity (Wildman–Crippen MR) is 97.0 cm³/mol. The third kappa shape index (κ3) is 4.91. The fourth-order valence-corrected chi connectivity index (χ4v) is 3.70. The molecule has 0 bridgehead atoms. The first-order chi connectivity index (χ1) is 12.7. The lowest BCUT2D eigenvalue weighted by atomic mass is 9.88. The van der Waals surface area contributed by atoms with Gasteiger partial charge in [0.2, 0.25) is 5.91 Å². The molecule has 0 N–H and O–H groups in total. The molecular weight excluding hydrogens is 333 g/mol. The van der Waals surface area contributed by atoms with E-state index in [0.717, 1.165) is 37.9 Å². The number of benzene rings is 1. The fraction of sp³-hybridized carbons (Fsp3) is 0.500. The Balaban J connectivity index is 1.54. The number of ether oxygens (including phenoxy) is 1. The molecule has 0 spiro atoms. The molecule has 0 aliphatic carbocycles. The number of rotatable bonds is 7. The summed E-state index contributed by atoms with van der Waals surface area (Å²) in [5, 5.41) is 0. The van der Waals surface area contributed by atoms with Crippen molar-refractivity contribution < 1.29 is 13.9 Å². The summed E-state index contributed by atoms with van der Waals surface area (Å²) in [5.41, 5.74) is 0.950. The second kappa shape index (κ2) is 8.94. The van der Waals surface area contributed by atoms with Crippen molar-refractivity contribution >= 4 is 5.91 Å². The average Bonchev–Trinajstić information content (AvgIpc) is 3.15. The van der Waals surface area contributed by atoms with Gasteiger partial charge in [0.05, 0.1) is 12.4 Å². The van der Waals surface area contributed by atoms with Gasteiger partial charge in [-0.25, -0.2) is 9.37 Å². The molecule has 1 aromatic heterocycles. The number of halogens is 1. The molecule has 0 radical (unpaired) electrons. The van der Waals surface area contributed by atoms with E-state index >= 15 is 0 Å². The van der Waals surface area contributed by atoms with Crippen LogP contribution in [0.5, 0.6) is 0 Å². The summed E-state index contributed by atoms with van der Waals surface area (Å²) in [7, 11) is 1.71. The Morgan fingerprint density at radius 2 is 2.31 bits per heavy atom. The number of hydrogen-bond donors (Lipinski definition) is 0. The molecule has 26 heavy (non-hydrogen) atoms. The fourth-order valence-electron chi connectivity index (χ4n) is 3.70. The van der Waals surface area contributed by atoms with Crippen molar-refractivity contribution in [3.05, 3.63) is 54.4 Å². The lowest BCUT2D eigenvalue weighted by Crippen LogP contribution is -2.47. The summed E-state index contributed by atoms with van der Waals surface area (Å²) in [6, 6.07) is 6.68. The van der Waals surface area contributed by atoms with Crippen molar-refractivity contribution in [1.29, 1.82) is 0 Å². The molecule has 0 unspecified atom stereocenters. The number of likely N-dealkylation sites (tertiary alicyclic amines) is 1. The quantitative estimate of drug-likeness (QED) is 0.764. The van der Waals surface area contributed by atoms with Crippen LogP contribution in [0, 0.1) is 11.7 Å². The predicted octanol–water partition coefficient (Wildman–Crippen LogP) is 2.91. The van der Waals surface area contributed by atoms with E-state index < -0.39 is 0 Å². The van der Waals surface area contributed by atoms with Crippen molar-refractivity contribution in [3.8, 4) is 0 Å². The molecule has 140 valence electrons. The van der Waals surface area contributed by atoms with Crippen LogP contribution in [0.2, 0.25) is 0 Å². The van der Waals surface area contributed by atoms with Gasteiger partial charge >= 0.3 is 0 Å². The second-order valence-corrected chi connectivity index (χ2v) is 6.90. The molecule has 1 aliphatic rings. The van der Waals surface area contributed by atoms with E-state index in [1.807, 2.05) is 21.7 Å². The molecule has 2 atom stereocenters. The summed E-state index contributed by atoms with van der Waals surface area (Å²) in [5.74, 6) is 0.150. The molecule has 0 saturated carbocycles. The zero-order valence-corrected chi connectivity index (χ0v) is 15.2. The summed E-state index contributed by atoms with van der Waals surface area (Å²) in [6.07, 6.45) is 8.39. The number of methoxy groups -OCH3 is 1. The van der Waals surface area contributed by atoms with Gasteiger partial charge in [-0.15, -0.1) is 0 Å². The number of piperidine rings is 1. The molecular formula is C20H26FN3O2. The van der Waals surface area contributed by atoms with E-state index in [1.165, 1.54) is 6.07 Å². The second-order valence-electron chi connectivity index (χ2n) is 6.90. The molecule has 2 heterocycles. The maximum absolute atomic E-state index is 13.5. The molecule has 5 nitrogen and oxygen atoms in total. The highest BCUT2D eigenvalue weighted by Gasteiger charge is 2.31. The number of imidazole rings is 1. The zero-order valence-electron chi connectivity index (χ0n) is 15.2. The van der Waals surface area contributed by atoms with Gasteiger partial charge in [-0.3, -0.25) is 4.79 Å². The van der Waals surface area contributed by atoms with Crippen LogP contribution in [-0.4, -0.2) is 46.7 Å². The van der Waals surface area contributed by atoms with Gasteiger partial charge < -0.3 is 14.2 Å². The first kappa shape index (κ1) is 18.6. The molecule has 1 aromatic carbocycles. The number of carbonyl (C=O) groups is 1. The van der Waals surface area contributed by atoms with Crippen molar-refractivity contribution in [3.63, 3.8) is 0 Å². The summed E-state index contributed by atoms with van der Waals surface area (Å²) in [4.78, 5) is 18.5. The third-order valence-electron chi connectivity index (χ3n) is 5.07. The van der Waals surface area contributed by atoms with Crippen molar-refractivity contribution in [2.75, 3.05) is 20.2 Å². The van der Waals surface area contributed by atoms with Crippen molar-refractivity contribution in [2.24, 2.45) is 5.92 Å². The normalized spacial score (nSPS) is 20.3. The van der Waals surface area contributed by atoms with E-state index in [2.05, 4.69) is 4.98 Å². The Kier molecular flexibility index (Phi) is 6.39. The Morgan fingerprint density at radius 3 is 3.04 bits per heavy atom. The van der Waals surface area contributed by atoms with Gasteiger partial charge in [0.15, 0.2) is 0 Å². The summed E-state index contributed by atoms with van der Waals surface area (Å²) < 4.78 is 21.1. The highest BCUT2D eigenvalue weighted by atomic mass is 19.1. The lowest BCUT2D eigenvalue weighted by molar-refractivity contribution is -0.135. The summed E-state index contributed by atoms with van der Waals surface area (Å²) >= 11 is 0. The van der Waals surface area contributed by atoms with Crippen molar-refractivity contribution in [2.45, 2.75) is 38.3 Å². The molecule has 6 heteroatoms. The summed E-state index contributed by atoms with van der Waals surface area (Å²) in [6.45, 7) is 2.19. The molecule has 2 aromatic rings. The number of aromatic nitrogens is 2. The Labute approximate surface area is 153 Å². The maximum atomic E-state index is 13.5. The maximum Gasteiger partial charge on any atom is 0.222 e. The van der Waals surface area contributed by atoms with Gasteiger partial charge in [0.25, 0.3) is 0 Å². The van der Waals surface area contributed by atoms with Crippen molar-refractivity contribution in [1.82, 2.24) is 14.5 Å². The van der Waals surface area contributed by atoms with Crippen LogP contribution in [0.15, 0.2) is 43.0 Å². The van der Waals surface area contributed by atoms with Crippen LogP contribution < -0.4 is 0 Å². The van der Waals surface area contributed by atoms with Crippen LogP contribution >= 0.6 is 0 Å². The van der Waals surface area contributed by atoms with Crippen LogP contribution in [0.4, 0.5) is 4.39 Å². The minimum absolute atomic E-state index is 0.105. The van der Waals surface area contributed by atoms with E-state index in [1.54, 1.807) is 31.8 Å². The van der Waals surface area contributed by atoms with E-state index in [0.29, 0.717) is 13.0 Å².